The molecule has 18 heavy (non-hydrogen) atoms. The second-order valence-electron chi connectivity index (χ2n) is 6.03. The standard InChI is InChI=1S/C16H26O2/c1-5-14(17)15(18)11-8-12-6-9-13(10-7-12)16(2,3)4/h6-7,9-10,14-15,17-18H,5,8,11H2,1-4H3. The highest BCUT2D eigenvalue weighted by molar-refractivity contribution is 5.27. The number of hydrogen-bond acceptors (Lipinski definition) is 2. The van der Waals surface area contributed by atoms with Gasteiger partial charge in [0, 0.05) is 0 Å². The van der Waals surface area contributed by atoms with Gasteiger partial charge in [0.2, 0.25) is 0 Å². The van der Waals surface area contributed by atoms with Gasteiger partial charge in [-0.05, 0) is 35.8 Å². The quantitative estimate of drug-likeness (QED) is 0.843. The monoisotopic (exact) mass is 250 g/mol. The topological polar surface area (TPSA) is 40.5 Å². The molecule has 0 aliphatic rings. The van der Waals surface area contributed by atoms with E-state index in [1.54, 1.807) is 0 Å². The third-order valence-corrected chi connectivity index (χ3v) is 3.41. The van der Waals surface area contributed by atoms with E-state index in [1.165, 1.54) is 11.1 Å². The lowest BCUT2D eigenvalue weighted by molar-refractivity contribution is 0.0130. The SMILES string of the molecule is CCC(O)C(O)CCc1ccc(C(C)(C)C)cc1. The number of hydrogen-bond donors (Lipinski definition) is 2. The Morgan fingerprint density at radius 2 is 1.56 bits per heavy atom. The van der Waals surface area contributed by atoms with Crippen molar-refractivity contribution < 1.29 is 10.2 Å². The van der Waals surface area contributed by atoms with Crippen molar-refractivity contribution in [3.63, 3.8) is 0 Å². The van der Waals surface area contributed by atoms with Crippen LogP contribution in [0.1, 0.15) is 51.7 Å². The lowest BCUT2D eigenvalue weighted by Gasteiger charge is -2.19. The minimum atomic E-state index is -0.614. The molecular formula is C16H26O2. The number of aliphatic hydroxyl groups is 2. The van der Waals surface area contributed by atoms with E-state index in [-0.39, 0.29) is 5.41 Å². The van der Waals surface area contributed by atoms with Crippen LogP contribution in [-0.2, 0) is 11.8 Å². The van der Waals surface area contributed by atoms with Gasteiger partial charge in [-0.2, -0.15) is 0 Å². The Morgan fingerprint density at radius 1 is 1.00 bits per heavy atom. The van der Waals surface area contributed by atoms with Crippen molar-refractivity contribution in [2.75, 3.05) is 0 Å². The Bertz CT molecular complexity index is 348. The normalized spacial score (nSPS) is 15.4. The first kappa shape index (κ1) is 15.2. The Hall–Kier alpha value is -0.860. The molecule has 0 radical (unpaired) electrons. The first-order valence-electron chi connectivity index (χ1n) is 6.80. The molecule has 0 saturated carbocycles. The van der Waals surface area contributed by atoms with Gasteiger partial charge < -0.3 is 10.2 Å². The third-order valence-electron chi connectivity index (χ3n) is 3.41. The van der Waals surface area contributed by atoms with Crippen molar-refractivity contribution in [2.45, 2.75) is 64.6 Å². The van der Waals surface area contributed by atoms with E-state index in [2.05, 4.69) is 45.0 Å². The molecule has 0 aliphatic heterocycles. The Balaban J connectivity index is 2.54. The van der Waals surface area contributed by atoms with E-state index < -0.39 is 12.2 Å². The van der Waals surface area contributed by atoms with E-state index in [9.17, 15) is 10.2 Å². The lowest BCUT2D eigenvalue weighted by Crippen LogP contribution is -2.25. The van der Waals surface area contributed by atoms with Gasteiger partial charge in [-0.1, -0.05) is 52.0 Å². The van der Waals surface area contributed by atoms with Crippen molar-refractivity contribution in [2.24, 2.45) is 0 Å². The Labute approximate surface area is 111 Å². The molecular weight excluding hydrogens is 224 g/mol. The van der Waals surface area contributed by atoms with E-state index in [1.807, 2.05) is 6.92 Å². The summed E-state index contributed by atoms with van der Waals surface area (Å²) in [6.45, 7) is 8.47. The first-order valence-corrected chi connectivity index (χ1v) is 6.80. The summed E-state index contributed by atoms with van der Waals surface area (Å²) in [5, 5.41) is 19.2. The van der Waals surface area contributed by atoms with Crippen LogP contribution in [0.4, 0.5) is 0 Å². The maximum absolute atomic E-state index is 9.71. The zero-order chi connectivity index (χ0) is 13.8. The molecule has 2 nitrogen and oxygen atoms in total. The molecule has 2 N–H and O–H groups in total. The number of aryl methyl sites for hydroxylation is 1. The molecule has 0 aliphatic carbocycles. The zero-order valence-electron chi connectivity index (χ0n) is 12.0. The van der Waals surface area contributed by atoms with Crippen molar-refractivity contribution in [1.82, 2.24) is 0 Å². The second-order valence-corrected chi connectivity index (χ2v) is 6.03. The van der Waals surface area contributed by atoms with Crippen LogP contribution in [0, 0.1) is 0 Å². The summed E-state index contributed by atoms with van der Waals surface area (Å²) < 4.78 is 0. The summed E-state index contributed by atoms with van der Waals surface area (Å²) in [6, 6.07) is 8.53. The average Bonchev–Trinajstić information content (AvgIpc) is 2.34. The van der Waals surface area contributed by atoms with Crippen LogP contribution in [0.15, 0.2) is 24.3 Å². The van der Waals surface area contributed by atoms with Gasteiger partial charge in [0.15, 0.2) is 0 Å². The van der Waals surface area contributed by atoms with Crippen LogP contribution in [-0.4, -0.2) is 22.4 Å². The van der Waals surface area contributed by atoms with Gasteiger partial charge in [-0.15, -0.1) is 0 Å². The fraction of sp³-hybridized carbons (Fsp3) is 0.625. The average molecular weight is 250 g/mol. The molecule has 2 atom stereocenters. The molecule has 0 aromatic heterocycles. The zero-order valence-corrected chi connectivity index (χ0v) is 12.0. The molecule has 0 amide bonds. The van der Waals surface area contributed by atoms with Crippen molar-refractivity contribution >= 4 is 0 Å². The number of aliphatic hydroxyl groups excluding tert-OH is 2. The molecule has 0 fully saturated rings. The van der Waals surface area contributed by atoms with Crippen LogP contribution in [0.25, 0.3) is 0 Å². The molecule has 2 unspecified atom stereocenters. The summed E-state index contributed by atoms with van der Waals surface area (Å²) in [6.07, 6.45) is 0.813. The van der Waals surface area contributed by atoms with Crippen molar-refractivity contribution in [3.05, 3.63) is 35.4 Å². The number of benzene rings is 1. The number of rotatable bonds is 5. The van der Waals surface area contributed by atoms with Gasteiger partial charge in [-0.3, -0.25) is 0 Å². The van der Waals surface area contributed by atoms with E-state index >= 15 is 0 Å². The molecule has 0 heterocycles. The molecule has 0 spiro atoms. The first-order chi connectivity index (χ1) is 8.34. The van der Waals surface area contributed by atoms with Crippen LogP contribution in [0.5, 0.6) is 0 Å². The van der Waals surface area contributed by atoms with Crippen LogP contribution in [0.2, 0.25) is 0 Å². The van der Waals surface area contributed by atoms with Crippen molar-refractivity contribution in [3.8, 4) is 0 Å². The lowest BCUT2D eigenvalue weighted by atomic mass is 9.86. The van der Waals surface area contributed by atoms with Gasteiger partial charge in [0.1, 0.15) is 0 Å². The van der Waals surface area contributed by atoms with Gasteiger partial charge in [-0.25, -0.2) is 0 Å². The molecule has 1 aromatic carbocycles. The highest BCUT2D eigenvalue weighted by atomic mass is 16.3. The Morgan fingerprint density at radius 3 is 2.00 bits per heavy atom. The van der Waals surface area contributed by atoms with Gasteiger partial charge in [0.05, 0.1) is 12.2 Å². The van der Waals surface area contributed by atoms with E-state index in [4.69, 9.17) is 0 Å². The van der Waals surface area contributed by atoms with E-state index in [0.29, 0.717) is 12.8 Å². The summed E-state index contributed by atoms with van der Waals surface area (Å²) in [4.78, 5) is 0. The minimum absolute atomic E-state index is 0.177. The highest BCUT2D eigenvalue weighted by Gasteiger charge is 2.15. The minimum Gasteiger partial charge on any atom is -0.390 e. The maximum atomic E-state index is 9.71. The van der Waals surface area contributed by atoms with Gasteiger partial charge in [0.25, 0.3) is 0 Å². The molecule has 0 saturated heterocycles. The fourth-order valence-corrected chi connectivity index (χ4v) is 1.95. The summed E-state index contributed by atoms with van der Waals surface area (Å²) in [5.74, 6) is 0. The molecule has 102 valence electrons. The molecule has 1 aromatic rings. The molecule has 2 heteroatoms. The summed E-state index contributed by atoms with van der Waals surface area (Å²) in [7, 11) is 0. The van der Waals surface area contributed by atoms with Crippen LogP contribution < -0.4 is 0 Å². The highest BCUT2D eigenvalue weighted by Crippen LogP contribution is 2.22. The van der Waals surface area contributed by atoms with E-state index in [0.717, 1.165) is 6.42 Å². The maximum Gasteiger partial charge on any atom is 0.0802 e. The second kappa shape index (κ2) is 6.35. The smallest absolute Gasteiger partial charge is 0.0802 e. The summed E-state index contributed by atoms with van der Waals surface area (Å²) in [5.41, 5.74) is 2.71. The molecule has 0 bridgehead atoms. The van der Waals surface area contributed by atoms with Crippen LogP contribution >= 0.6 is 0 Å². The third kappa shape index (κ3) is 4.43. The van der Waals surface area contributed by atoms with Crippen LogP contribution in [0.3, 0.4) is 0 Å². The summed E-state index contributed by atoms with van der Waals surface area (Å²) >= 11 is 0. The van der Waals surface area contributed by atoms with Crippen molar-refractivity contribution in [1.29, 1.82) is 0 Å². The van der Waals surface area contributed by atoms with Gasteiger partial charge >= 0.3 is 0 Å². The predicted octanol–water partition coefficient (Wildman–Crippen LogP) is 3.05. The largest absolute Gasteiger partial charge is 0.390 e. The molecule has 1 rings (SSSR count). The Kier molecular flexibility index (Phi) is 5.36. The fourth-order valence-electron chi connectivity index (χ4n) is 1.95. The predicted molar refractivity (Wildman–Crippen MR) is 75.8 cm³/mol.